The van der Waals surface area contributed by atoms with Crippen molar-refractivity contribution in [1.82, 2.24) is 9.55 Å². The molecule has 50 heavy (non-hydrogen) atoms. The van der Waals surface area contributed by atoms with E-state index in [4.69, 9.17) is 18.9 Å². The fourth-order valence-corrected chi connectivity index (χ4v) is 5.64. The second kappa shape index (κ2) is 15.9. The number of anilines is 1. The van der Waals surface area contributed by atoms with Crippen molar-refractivity contribution in [3.63, 3.8) is 0 Å². The molecule has 4 aromatic carbocycles. The van der Waals surface area contributed by atoms with Crippen molar-refractivity contribution in [3.05, 3.63) is 154 Å². The second-order valence-electron chi connectivity index (χ2n) is 12.7. The first kappa shape index (κ1) is 36.0. The maximum Gasteiger partial charge on any atom is 0.349 e. The molecule has 5 rings (SSSR count). The monoisotopic (exact) mass is 677 g/mol. The van der Waals surface area contributed by atoms with E-state index in [9.17, 15) is 14.7 Å². The Morgan fingerprint density at radius 1 is 0.780 bits per heavy atom. The van der Waals surface area contributed by atoms with Gasteiger partial charge >= 0.3 is 5.69 Å². The summed E-state index contributed by atoms with van der Waals surface area (Å²) in [5.41, 5.74) is 1.98. The van der Waals surface area contributed by atoms with Gasteiger partial charge in [0, 0.05) is 11.8 Å². The second-order valence-corrected chi connectivity index (χ2v) is 12.7. The van der Waals surface area contributed by atoms with Crippen LogP contribution in [0.2, 0.25) is 0 Å². The van der Waals surface area contributed by atoms with Crippen LogP contribution in [0.15, 0.2) is 120 Å². The summed E-state index contributed by atoms with van der Waals surface area (Å²) in [6.45, 7) is 5.92. The molecule has 10 nitrogen and oxygen atoms in total. The Morgan fingerprint density at radius 2 is 1.32 bits per heavy atom. The molecule has 1 heterocycles. The third-order valence-electron chi connectivity index (χ3n) is 8.35. The number of hydrogen-bond donors (Lipinski definition) is 2. The molecule has 0 saturated heterocycles. The predicted octanol–water partition coefficient (Wildman–Crippen LogP) is 6.15. The van der Waals surface area contributed by atoms with Gasteiger partial charge in [-0.25, -0.2) is 4.79 Å². The van der Waals surface area contributed by atoms with E-state index in [1.165, 1.54) is 10.8 Å². The highest BCUT2D eigenvalue weighted by atomic mass is 16.7. The minimum Gasteiger partial charge on any atom is -0.497 e. The molecular formula is C40H43N3O7. The number of hydrogen-bond acceptors (Lipinski definition) is 8. The van der Waals surface area contributed by atoms with Crippen LogP contribution in [0.25, 0.3) is 0 Å². The van der Waals surface area contributed by atoms with E-state index >= 15 is 0 Å². The number of methoxy groups -OCH3 is 2. The summed E-state index contributed by atoms with van der Waals surface area (Å²) in [5, 5.41) is 12.5. The molecule has 1 amide bonds. The zero-order valence-corrected chi connectivity index (χ0v) is 29.0. The van der Waals surface area contributed by atoms with Crippen LogP contribution in [-0.2, 0) is 27.0 Å². The Hall–Kier alpha value is -5.29. The first-order chi connectivity index (χ1) is 24.1. The lowest BCUT2D eigenvalue weighted by Crippen LogP contribution is -2.41. The van der Waals surface area contributed by atoms with Crippen LogP contribution in [0.1, 0.15) is 53.4 Å². The van der Waals surface area contributed by atoms with Crippen molar-refractivity contribution in [2.45, 2.75) is 44.6 Å². The van der Waals surface area contributed by atoms with Crippen LogP contribution >= 0.6 is 0 Å². The molecule has 0 aliphatic rings. The molecule has 0 aliphatic heterocycles. The van der Waals surface area contributed by atoms with Crippen LogP contribution in [0.5, 0.6) is 11.5 Å². The molecule has 260 valence electrons. The number of ether oxygens (including phenoxy) is 4. The predicted molar refractivity (Wildman–Crippen MR) is 192 cm³/mol. The van der Waals surface area contributed by atoms with E-state index in [1.54, 1.807) is 32.4 Å². The molecule has 5 aromatic rings. The number of nitrogens with one attached hydrogen (secondary N) is 1. The third-order valence-corrected chi connectivity index (χ3v) is 8.35. The molecule has 0 unspecified atom stereocenters. The lowest BCUT2D eigenvalue weighted by molar-refractivity contribution is -0.199. The number of aromatic nitrogens is 2. The smallest absolute Gasteiger partial charge is 0.349 e. The number of aliphatic hydroxyl groups is 1. The lowest BCUT2D eigenvalue weighted by Gasteiger charge is -2.39. The van der Waals surface area contributed by atoms with Crippen LogP contribution in [0.3, 0.4) is 0 Å². The Kier molecular flexibility index (Phi) is 11.5. The first-order valence-corrected chi connectivity index (χ1v) is 16.3. The van der Waals surface area contributed by atoms with Gasteiger partial charge in [0.1, 0.15) is 22.9 Å². The number of carbonyl (C=O) groups excluding carboxylic acids is 1. The van der Waals surface area contributed by atoms with Crippen molar-refractivity contribution < 1.29 is 28.8 Å². The van der Waals surface area contributed by atoms with E-state index in [1.807, 2.05) is 91.0 Å². The van der Waals surface area contributed by atoms with Gasteiger partial charge in [-0.15, -0.1) is 0 Å². The summed E-state index contributed by atoms with van der Waals surface area (Å²) in [7, 11) is 3.20. The van der Waals surface area contributed by atoms with Crippen LogP contribution in [-0.4, -0.2) is 54.3 Å². The Balaban J connectivity index is 1.49. The fraction of sp³-hybridized carbons (Fsp3) is 0.275. The van der Waals surface area contributed by atoms with Gasteiger partial charge in [-0.3, -0.25) is 9.36 Å². The van der Waals surface area contributed by atoms with Gasteiger partial charge in [-0.2, -0.15) is 4.98 Å². The van der Waals surface area contributed by atoms with Crippen molar-refractivity contribution in [2.75, 3.05) is 32.8 Å². The standard InChI is InChI=1S/C40H43N3O7/c1-39(2,3)29-13-11-28(12-14-29)37(45)41-35-23-24-43(38(46)42-35)27-36(49-26-25-44)50-40(30-9-7-6-8-10-30,31-15-19-33(47-4)20-16-31)32-17-21-34(48-5)22-18-32/h6-24,36,44H,25-27H2,1-5H3,(H,41,42,45,46)/t36-/m1/s1. The number of rotatable bonds is 14. The van der Waals surface area contributed by atoms with Gasteiger partial charge < -0.3 is 29.4 Å². The summed E-state index contributed by atoms with van der Waals surface area (Å²) in [5.74, 6) is 1.07. The van der Waals surface area contributed by atoms with E-state index in [0.29, 0.717) is 17.1 Å². The Labute approximate surface area is 292 Å². The van der Waals surface area contributed by atoms with Crippen LogP contribution in [0.4, 0.5) is 5.82 Å². The molecule has 0 bridgehead atoms. The zero-order chi connectivity index (χ0) is 35.7. The quantitative estimate of drug-likeness (QED) is 0.106. The third kappa shape index (κ3) is 8.28. The molecule has 0 fully saturated rings. The summed E-state index contributed by atoms with van der Waals surface area (Å²) in [4.78, 5) is 30.4. The topological polar surface area (TPSA) is 121 Å². The normalized spacial score (nSPS) is 12.3. The lowest BCUT2D eigenvalue weighted by atomic mass is 9.80. The molecule has 0 spiro atoms. The highest BCUT2D eigenvalue weighted by Gasteiger charge is 2.40. The van der Waals surface area contributed by atoms with E-state index < -0.39 is 17.6 Å². The molecule has 0 saturated carbocycles. The summed E-state index contributed by atoms with van der Waals surface area (Å²) in [6, 6.07) is 33.6. The molecule has 1 atom stereocenters. The zero-order valence-electron chi connectivity index (χ0n) is 29.0. The van der Waals surface area contributed by atoms with Crippen molar-refractivity contribution in [1.29, 1.82) is 0 Å². The molecule has 1 aromatic heterocycles. The number of amides is 1. The van der Waals surface area contributed by atoms with Crippen LogP contribution in [0, 0.1) is 0 Å². The Bertz CT molecular complexity index is 1850. The van der Waals surface area contributed by atoms with E-state index in [-0.39, 0.29) is 36.9 Å². The minimum atomic E-state index is -1.24. The van der Waals surface area contributed by atoms with E-state index in [2.05, 4.69) is 31.1 Å². The van der Waals surface area contributed by atoms with Gasteiger partial charge in [-0.1, -0.05) is 87.5 Å². The van der Waals surface area contributed by atoms with Crippen molar-refractivity contribution >= 4 is 11.7 Å². The van der Waals surface area contributed by atoms with Crippen LogP contribution < -0.4 is 20.5 Å². The largest absolute Gasteiger partial charge is 0.497 e. The average Bonchev–Trinajstić information content (AvgIpc) is 3.14. The van der Waals surface area contributed by atoms with Crippen molar-refractivity contribution in [3.8, 4) is 11.5 Å². The van der Waals surface area contributed by atoms with Crippen molar-refractivity contribution in [2.24, 2.45) is 0 Å². The molecule has 2 N–H and O–H groups in total. The van der Waals surface area contributed by atoms with Gasteiger partial charge in [-0.05, 0) is 70.1 Å². The maximum atomic E-state index is 13.4. The molecular weight excluding hydrogens is 634 g/mol. The number of carbonyl (C=O) groups is 1. The Morgan fingerprint density at radius 3 is 1.82 bits per heavy atom. The first-order valence-electron chi connectivity index (χ1n) is 16.3. The maximum absolute atomic E-state index is 13.4. The molecule has 10 heteroatoms. The number of benzene rings is 4. The number of aliphatic hydroxyl groups excluding tert-OH is 1. The highest BCUT2D eigenvalue weighted by molar-refractivity contribution is 6.03. The average molecular weight is 678 g/mol. The van der Waals surface area contributed by atoms with Gasteiger partial charge in [0.2, 0.25) is 0 Å². The SMILES string of the molecule is COc1ccc(C(O[C@H](Cn2ccc(NC(=O)c3ccc(C(C)(C)C)cc3)nc2=O)OCCO)(c2ccccc2)c2ccc(OC)cc2)cc1. The van der Waals surface area contributed by atoms with Gasteiger partial charge in [0.05, 0.1) is 34.0 Å². The fourth-order valence-electron chi connectivity index (χ4n) is 5.64. The summed E-state index contributed by atoms with van der Waals surface area (Å²) in [6.07, 6.45) is 0.477. The van der Waals surface area contributed by atoms with Gasteiger partial charge in [0.25, 0.3) is 5.91 Å². The summed E-state index contributed by atoms with van der Waals surface area (Å²) >= 11 is 0. The highest BCUT2D eigenvalue weighted by Crippen LogP contribution is 2.43. The molecule has 0 radical (unpaired) electrons. The van der Waals surface area contributed by atoms with Gasteiger partial charge in [0.15, 0.2) is 6.29 Å². The minimum absolute atomic E-state index is 0.0480. The number of nitrogens with zero attached hydrogens (tertiary/aromatic N) is 2. The summed E-state index contributed by atoms with van der Waals surface area (Å²) < 4.78 is 25.3. The van der Waals surface area contributed by atoms with E-state index in [0.717, 1.165) is 22.3 Å². The molecule has 0 aliphatic carbocycles.